The fourth-order valence-corrected chi connectivity index (χ4v) is 4.36. The number of rotatable bonds is 8. The van der Waals surface area contributed by atoms with Crippen LogP contribution in [-0.2, 0) is 11.3 Å². The molecule has 0 amide bonds. The smallest absolute Gasteiger partial charge is 0.156 e. The second-order valence-electron chi connectivity index (χ2n) is 8.77. The maximum atomic E-state index is 5.29. The number of anilines is 1. The number of likely N-dealkylation sites (N-methyl/N-ethyl adjacent to an activating group) is 1. The van der Waals surface area contributed by atoms with Crippen LogP contribution in [0.1, 0.15) is 50.0 Å². The molecule has 1 aliphatic rings. The van der Waals surface area contributed by atoms with Gasteiger partial charge in [-0.25, -0.2) is 9.97 Å². The van der Waals surface area contributed by atoms with Crippen molar-refractivity contribution >= 4 is 16.9 Å². The van der Waals surface area contributed by atoms with Gasteiger partial charge in [-0.15, -0.1) is 0 Å². The number of imidazole rings is 1. The Labute approximate surface area is 185 Å². The number of ether oxygens (including phenoxy) is 1. The van der Waals surface area contributed by atoms with Crippen LogP contribution >= 0.6 is 0 Å². The number of piperidine rings is 1. The largest absolute Gasteiger partial charge is 0.383 e. The van der Waals surface area contributed by atoms with Gasteiger partial charge in [0.25, 0.3) is 0 Å². The van der Waals surface area contributed by atoms with Crippen LogP contribution < -0.4 is 4.90 Å². The maximum absolute atomic E-state index is 5.29. The Morgan fingerprint density at radius 2 is 2.00 bits per heavy atom. The number of hydrogen-bond acceptors (Lipinski definition) is 6. The van der Waals surface area contributed by atoms with Crippen LogP contribution in [0.25, 0.3) is 11.0 Å². The number of methoxy groups -OCH3 is 1. The van der Waals surface area contributed by atoms with Gasteiger partial charge < -0.3 is 14.2 Å². The molecule has 1 saturated heterocycles. The predicted octanol–water partition coefficient (Wildman–Crippen LogP) is 3.87. The summed E-state index contributed by atoms with van der Waals surface area (Å²) in [5.41, 5.74) is 4.48. The molecule has 1 fully saturated rings. The quantitative estimate of drug-likeness (QED) is 0.549. The first-order valence-corrected chi connectivity index (χ1v) is 11.3. The maximum Gasteiger partial charge on any atom is 0.156 e. The molecule has 0 spiro atoms. The zero-order valence-electron chi connectivity index (χ0n) is 19.2. The topological polar surface area (TPSA) is 59.3 Å². The van der Waals surface area contributed by atoms with E-state index >= 15 is 0 Å². The molecule has 7 nitrogen and oxygen atoms in total. The molecule has 3 aromatic heterocycles. The number of pyridine rings is 2. The van der Waals surface area contributed by atoms with E-state index < -0.39 is 0 Å². The zero-order chi connectivity index (χ0) is 21.8. The van der Waals surface area contributed by atoms with Gasteiger partial charge >= 0.3 is 0 Å². The number of aromatic nitrogens is 4. The van der Waals surface area contributed by atoms with Crippen LogP contribution in [0.5, 0.6) is 0 Å². The molecule has 4 heterocycles. The number of nitrogens with zero attached hydrogens (tertiary/aromatic N) is 6. The number of fused-ring (bicyclic) bond motifs is 1. The Morgan fingerprint density at radius 3 is 2.68 bits per heavy atom. The summed E-state index contributed by atoms with van der Waals surface area (Å²) in [7, 11) is 3.81. The third-order valence-electron chi connectivity index (χ3n) is 6.23. The SMILES string of the molecule is COCCN(C)c1nc(C2CCN(Cc3ccccn3)CC2)cc2c1ncn2C(C)C. The molecular formula is C24H34N6O. The molecular weight excluding hydrogens is 388 g/mol. The van der Waals surface area contributed by atoms with E-state index in [1.807, 2.05) is 18.6 Å². The summed E-state index contributed by atoms with van der Waals surface area (Å²) in [6, 6.07) is 8.78. The fourth-order valence-electron chi connectivity index (χ4n) is 4.36. The molecule has 31 heavy (non-hydrogen) atoms. The molecule has 166 valence electrons. The number of likely N-dealkylation sites (tertiary alicyclic amines) is 1. The lowest BCUT2D eigenvalue weighted by Crippen LogP contribution is -2.33. The summed E-state index contributed by atoms with van der Waals surface area (Å²) in [5.74, 6) is 1.43. The summed E-state index contributed by atoms with van der Waals surface area (Å²) in [4.78, 5) is 19.0. The lowest BCUT2D eigenvalue weighted by Gasteiger charge is -2.32. The van der Waals surface area contributed by atoms with E-state index in [4.69, 9.17) is 14.7 Å². The van der Waals surface area contributed by atoms with E-state index in [-0.39, 0.29) is 0 Å². The molecule has 4 rings (SSSR count). The summed E-state index contributed by atoms with van der Waals surface area (Å²) in [6.45, 7) is 8.92. The molecule has 0 unspecified atom stereocenters. The first-order chi connectivity index (χ1) is 15.1. The normalized spacial score (nSPS) is 15.8. The monoisotopic (exact) mass is 422 g/mol. The molecule has 0 bridgehead atoms. The second-order valence-corrected chi connectivity index (χ2v) is 8.77. The van der Waals surface area contributed by atoms with Gasteiger partial charge in [0.1, 0.15) is 5.52 Å². The van der Waals surface area contributed by atoms with Crippen LogP contribution in [-0.4, -0.2) is 64.8 Å². The van der Waals surface area contributed by atoms with Crippen LogP contribution in [0, 0.1) is 0 Å². The average molecular weight is 423 g/mol. The van der Waals surface area contributed by atoms with E-state index in [0.717, 1.165) is 56.0 Å². The lowest BCUT2D eigenvalue weighted by atomic mass is 9.92. The molecule has 3 aromatic rings. The average Bonchev–Trinajstić information content (AvgIpc) is 3.22. The Hall–Kier alpha value is -2.51. The van der Waals surface area contributed by atoms with Crippen molar-refractivity contribution in [2.24, 2.45) is 0 Å². The molecule has 0 N–H and O–H groups in total. The van der Waals surface area contributed by atoms with Crippen molar-refractivity contribution in [1.29, 1.82) is 0 Å². The summed E-state index contributed by atoms with van der Waals surface area (Å²) < 4.78 is 7.55. The minimum Gasteiger partial charge on any atom is -0.383 e. The predicted molar refractivity (Wildman–Crippen MR) is 125 cm³/mol. The molecule has 0 saturated carbocycles. The van der Waals surface area contributed by atoms with E-state index in [1.54, 1.807) is 7.11 Å². The summed E-state index contributed by atoms with van der Waals surface area (Å²) >= 11 is 0. The zero-order valence-corrected chi connectivity index (χ0v) is 19.2. The Kier molecular flexibility index (Phi) is 6.83. The van der Waals surface area contributed by atoms with Gasteiger partial charge in [-0.05, 0) is 58.0 Å². The second kappa shape index (κ2) is 9.75. The van der Waals surface area contributed by atoms with E-state index in [1.165, 1.54) is 11.2 Å². The van der Waals surface area contributed by atoms with Crippen molar-refractivity contribution in [3.8, 4) is 0 Å². The lowest BCUT2D eigenvalue weighted by molar-refractivity contribution is 0.201. The first-order valence-electron chi connectivity index (χ1n) is 11.3. The third-order valence-corrected chi connectivity index (χ3v) is 6.23. The van der Waals surface area contributed by atoms with Crippen molar-refractivity contribution in [2.75, 3.05) is 45.3 Å². The van der Waals surface area contributed by atoms with E-state index in [0.29, 0.717) is 18.6 Å². The fraction of sp³-hybridized carbons (Fsp3) is 0.542. The van der Waals surface area contributed by atoms with Crippen LogP contribution in [0.3, 0.4) is 0 Å². The van der Waals surface area contributed by atoms with Gasteiger partial charge in [0.05, 0.1) is 24.1 Å². The summed E-state index contributed by atoms with van der Waals surface area (Å²) in [5, 5.41) is 0. The van der Waals surface area contributed by atoms with Crippen molar-refractivity contribution in [3.05, 3.63) is 48.2 Å². The third kappa shape index (κ3) is 4.88. The molecule has 0 aromatic carbocycles. The highest BCUT2D eigenvalue weighted by atomic mass is 16.5. The van der Waals surface area contributed by atoms with Crippen molar-refractivity contribution in [3.63, 3.8) is 0 Å². The van der Waals surface area contributed by atoms with Crippen LogP contribution in [0.2, 0.25) is 0 Å². The molecule has 0 radical (unpaired) electrons. The highest BCUT2D eigenvalue weighted by Crippen LogP contribution is 2.33. The Balaban J connectivity index is 1.56. The van der Waals surface area contributed by atoms with Crippen molar-refractivity contribution in [1.82, 2.24) is 24.4 Å². The van der Waals surface area contributed by atoms with Gasteiger partial charge in [0.2, 0.25) is 0 Å². The minimum absolute atomic E-state index is 0.359. The van der Waals surface area contributed by atoms with Crippen molar-refractivity contribution in [2.45, 2.75) is 45.2 Å². The molecule has 0 aliphatic carbocycles. The highest BCUT2D eigenvalue weighted by Gasteiger charge is 2.25. The Morgan fingerprint density at radius 1 is 1.19 bits per heavy atom. The van der Waals surface area contributed by atoms with Crippen molar-refractivity contribution < 1.29 is 4.74 Å². The molecule has 0 atom stereocenters. The standard InChI is InChI=1S/C24H34N6O/c1-18(2)30-17-26-23-22(30)15-21(27-24(23)28(3)13-14-31-4)19-8-11-29(12-9-19)16-20-7-5-6-10-25-20/h5-7,10,15,17-19H,8-9,11-14,16H2,1-4H3. The van der Waals surface area contributed by atoms with E-state index in [9.17, 15) is 0 Å². The minimum atomic E-state index is 0.359. The molecule has 7 heteroatoms. The van der Waals surface area contributed by atoms with Gasteiger partial charge in [0, 0.05) is 51.1 Å². The van der Waals surface area contributed by atoms with Crippen LogP contribution in [0.15, 0.2) is 36.8 Å². The highest BCUT2D eigenvalue weighted by molar-refractivity contribution is 5.87. The number of hydrogen-bond donors (Lipinski definition) is 0. The molecule has 1 aliphatic heterocycles. The van der Waals surface area contributed by atoms with Gasteiger partial charge in [-0.1, -0.05) is 6.07 Å². The van der Waals surface area contributed by atoms with Gasteiger partial charge in [0.15, 0.2) is 5.82 Å². The van der Waals surface area contributed by atoms with E-state index in [2.05, 4.69) is 58.4 Å². The van der Waals surface area contributed by atoms with Gasteiger partial charge in [-0.2, -0.15) is 0 Å². The van der Waals surface area contributed by atoms with Gasteiger partial charge in [-0.3, -0.25) is 9.88 Å². The first kappa shape index (κ1) is 21.7. The summed E-state index contributed by atoms with van der Waals surface area (Å²) in [6.07, 6.45) is 6.05. The Bertz CT molecular complexity index is 978. The van der Waals surface area contributed by atoms with Crippen LogP contribution in [0.4, 0.5) is 5.82 Å².